The van der Waals surface area contributed by atoms with Gasteiger partial charge in [0.1, 0.15) is 16.7 Å². The van der Waals surface area contributed by atoms with Crippen molar-refractivity contribution in [2.24, 2.45) is 0 Å². The van der Waals surface area contributed by atoms with Crippen LogP contribution in [0.15, 0.2) is 17.0 Å². The molecule has 5 heteroatoms. The van der Waals surface area contributed by atoms with E-state index in [9.17, 15) is 0 Å². The lowest BCUT2D eigenvalue weighted by Gasteiger charge is -2.29. The van der Waals surface area contributed by atoms with Gasteiger partial charge in [-0.25, -0.2) is 9.97 Å². The third kappa shape index (κ3) is 2.71. The van der Waals surface area contributed by atoms with Gasteiger partial charge in [-0.2, -0.15) is 0 Å². The van der Waals surface area contributed by atoms with Gasteiger partial charge in [0.25, 0.3) is 0 Å². The smallest absolute Gasteiger partial charge is 0.133 e. The minimum absolute atomic E-state index is 0.165. The second kappa shape index (κ2) is 5.59. The molecule has 88 valence electrons. The summed E-state index contributed by atoms with van der Waals surface area (Å²) in [5, 5.41) is 9.13. The van der Waals surface area contributed by atoms with Gasteiger partial charge in [0, 0.05) is 18.7 Å². The van der Waals surface area contributed by atoms with Gasteiger partial charge in [0.15, 0.2) is 0 Å². The summed E-state index contributed by atoms with van der Waals surface area (Å²) in [5.41, 5.74) is 0. The zero-order valence-corrected chi connectivity index (χ0v) is 10.7. The Hall–Kier alpha value is -0.680. The molecule has 1 aliphatic carbocycles. The molecule has 0 bridgehead atoms. The molecule has 1 saturated carbocycles. The van der Waals surface area contributed by atoms with Crippen molar-refractivity contribution in [2.75, 3.05) is 18.1 Å². The van der Waals surface area contributed by atoms with E-state index in [0.29, 0.717) is 12.6 Å². The number of rotatable bonds is 4. The van der Waals surface area contributed by atoms with Crippen LogP contribution in [-0.2, 0) is 0 Å². The van der Waals surface area contributed by atoms with Crippen molar-refractivity contribution in [1.82, 2.24) is 9.97 Å². The second-order valence-corrected chi connectivity index (χ2v) is 4.87. The van der Waals surface area contributed by atoms with E-state index in [1.54, 1.807) is 6.33 Å². The molecule has 1 aliphatic rings. The number of halogens is 1. The van der Waals surface area contributed by atoms with Crippen molar-refractivity contribution in [1.29, 1.82) is 0 Å². The molecular formula is C11H16BrN3O. The largest absolute Gasteiger partial charge is 0.395 e. The first-order valence-corrected chi connectivity index (χ1v) is 6.45. The lowest BCUT2D eigenvalue weighted by Crippen LogP contribution is -2.36. The van der Waals surface area contributed by atoms with Gasteiger partial charge < -0.3 is 10.0 Å². The van der Waals surface area contributed by atoms with E-state index in [1.165, 1.54) is 25.7 Å². The summed E-state index contributed by atoms with van der Waals surface area (Å²) in [6, 6.07) is 2.43. The number of aromatic nitrogens is 2. The van der Waals surface area contributed by atoms with Crippen LogP contribution < -0.4 is 4.90 Å². The second-order valence-electron chi connectivity index (χ2n) is 4.05. The number of aliphatic hydroxyl groups excluding tert-OH is 1. The standard InChI is InChI=1S/C11H16BrN3O/c12-10-7-11(14-8-13-10)15(5-6-16)9-3-1-2-4-9/h7-9,16H,1-6H2. The minimum Gasteiger partial charge on any atom is -0.395 e. The highest BCUT2D eigenvalue weighted by molar-refractivity contribution is 9.10. The fraction of sp³-hybridized carbons (Fsp3) is 0.636. The Morgan fingerprint density at radius 2 is 2.12 bits per heavy atom. The third-order valence-corrected chi connectivity index (χ3v) is 3.45. The summed E-state index contributed by atoms with van der Waals surface area (Å²) in [5.74, 6) is 0.905. The molecule has 0 spiro atoms. The highest BCUT2D eigenvalue weighted by Gasteiger charge is 2.23. The fourth-order valence-electron chi connectivity index (χ4n) is 2.29. The first kappa shape index (κ1) is 11.8. The van der Waals surface area contributed by atoms with Crippen LogP contribution in [0.3, 0.4) is 0 Å². The van der Waals surface area contributed by atoms with E-state index in [4.69, 9.17) is 5.11 Å². The molecule has 0 unspecified atom stereocenters. The fourth-order valence-corrected chi connectivity index (χ4v) is 2.59. The maximum absolute atomic E-state index is 9.13. The van der Waals surface area contributed by atoms with E-state index in [2.05, 4.69) is 30.8 Å². The maximum atomic E-state index is 9.13. The Labute approximate surface area is 104 Å². The van der Waals surface area contributed by atoms with E-state index >= 15 is 0 Å². The molecule has 0 aromatic carbocycles. The van der Waals surface area contributed by atoms with E-state index < -0.39 is 0 Å². The molecule has 1 aromatic rings. The number of hydrogen-bond acceptors (Lipinski definition) is 4. The SMILES string of the molecule is OCCN(c1cc(Br)ncn1)C1CCCC1. The van der Waals surface area contributed by atoms with E-state index in [-0.39, 0.29) is 6.61 Å². The van der Waals surface area contributed by atoms with Gasteiger partial charge in [0.2, 0.25) is 0 Å². The Kier molecular flexibility index (Phi) is 4.12. The minimum atomic E-state index is 0.165. The molecule has 1 heterocycles. The monoisotopic (exact) mass is 285 g/mol. The van der Waals surface area contributed by atoms with Crippen LogP contribution in [0.1, 0.15) is 25.7 Å². The van der Waals surface area contributed by atoms with Crippen LogP contribution in [0.4, 0.5) is 5.82 Å². The van der Waals surface area contributed by atoms with Gasteiger partial charge in [0.05, 0.1) is 6.61 Å². The molecule has 0 aliphatic heterocycles. The van der Waals surface area contributed by atoms with Crippen LogP contribution >= 0.6 is 15.9 Å². The topological polar surface area (TPSA) is 49.2 Å². The van der Waals surface area contributed by atoms with Crippen molar-refractivity contribution < 1.29 is 5.11 Å². The molecule has 1 N–H and O–H groups in total. The van der Waals surface area contributed by atoms with E-state index in [0.717, 1.165) is 10.4 Å². The summed E-state index contributed by atoms with van der Waals surface area (Å²) in [6.45, 7) is 0.812. The van der Waals surface area contributed by atoms with Gasteiger partial charge in [-0.15, -0.1) is 0 Å². The average molecular weight is 286 g/mol. The summed E-state index contributed by atoms with van der Waals surface area (Å²) >= 11 is 3.35. The summed E-state index contributed by atoms with van der Waals surface area (Å²) in [4.78, 5) is 10.5. The first-order valence-electron chi connectivity index (χ1n) is 5.66. The van der Waals surface area contributed by atoms with Gasteiger partial charge in [-0.3, -0.25) is 0 Å². The zero-order valence-electron chi connectivity index (χ0n) is 9.14. The van der Waals surface area contributed by atoms with Crippen molar-refractivity contribution in [3.8, 4) is 0 Å². The highest BCUT2D eigenvalue weighted by Crippen LogP contribution is 2.27. The molecule has 0 radical (unpaired) electrons. The predicted molar refractivity (Wildman–Crippen MR) is 66.4 cm³/mol. The average Bonchev–Trinajstić information content (AvgIpc) is 2.79. The summed E-state index contributed by atoms with van der Waals surface area (Å²) in [7, 11) is 0. The number of aliphatic hydroxyl groups is 1. The van der Waals surface area contributed by atoms with Gasteiger partial charge in [-0.05, 0) is 28.8 Å². The predicted octanol–water partition coefficient (Wildman–Crippen LogP) is 1.98. The Bertz CT molecular complexity index is 342. The molecule has 1 aromatic heterocycles. The molecule has 1 fully saturated rings. The molecule has 0 saturated heterocycles. The van der Waals surface area contributed by atoms with Crippen LogP contribution in [0.2, 0.25) is 0 Å². The number of anilines is 1. The quantitative estimate of drug-likeness (QED) is 0.860. The first-order chi connectivity index (χ1) is 7.81. The lowest BCUT2D eigenvalue weighted by molar-refractivity contribution is 0.297. The van der Waals surface area contributed by atoms with Crippen molar-refractivity contribution in [3.05, 3.63) is 17.0 Å². The molecular weight excluding hydrogens is 270 g/mol. The Morgan fingerprint density at radius 1 is 1.38 bits per heavy atom. The van der Waals surface area contributed by atoms with Crippen molar-refractivity contribution in [2.45, 2.75) is 31.7 Å². The molecule has 2 rings (SSSR count). The van der Waals surface area contributed by atoms with Crippen LogP contribution in [0.5, 0.6) is 0 Å². The highest BCUT2D eigenvalue weighted by atomic mass is 79.9. The number of hydrogen-bond donors (Lipinski definition) is 1. The third-order valence-electron chi connectivity index (χ3n) is 3.02. The summed E-state index contributed by atoms with van der Waals surface area (Å²) < 4.78 is 0.790. The lowest BCUT2D eigenvalue weighted by atomic mass is 10.2. The van der Waals surface area contributed by atoms with Crippen LogP contribution in [0, 0.1) is 0 Å². The van der Waals surface area contributed by atoms with Crippen molar-refractivity contribution in [3.63, 3.8) is 0 Å². The normalized spacial score (nSPS) is 16.6. The maximum Gasteiger partial charge on any atom is 0.133 e. The van der Waals surface area contributed by atoms with Crippen LogP contribution in [0.25, 0.3) is 0 Å². The van der Waals surface area contributed by atoms with Crippen molar-refractivity contribution >= 4 is 21.7 Å². The van der Waals surface area contributed by atoms with Gasteiger partial charge in [-0.1, -0.05) is 12.8 Å². The molecule has 16 heavy (non-hydrogen) atoms. The summed E-state index contributed by atoms with van der Waals surface area (Å²) in [6.07, 6.45) is 6.50. The van der Waals surface area contributed by atoms with Crippen LogP contribution in [-0.4, -0.2) is 34.3 Å². The molecule has 0 atom stereocenters. The van der Waals surface area contributed by atoms with Gasteiger partial charge >= 0.3 is 0 Å². The molecule has 4 nitrogen and oxygen atoms in total. The molecule has 0 amide bonds. The number of nitrogens with zero attached hydrogens (tertiary/aromatic N) is 3. The van der Waals surface area contributed by atoms with E-state index in [1.807, 2.05) is 6.07 Å². The zero-order chi connectivity index (χ0) is 11.4. The Morgan fingerprint density at radius 3 is 2.75 bits per heavy atom. The Balaban J connectivity index is 2.17.